The quantitative estimate of drug-likeness (QED) is 0.0748. The van der Waals surface area contributed by atoms with Crippen LogP contribution in [0.5, 0.6) is 17.2 Å². The van der Waals surface area contributed by atoms with E-state index in [0.717, 1.165) is 18.2 Å². The summed E-state index contributed by atoms with van der Waals surface area (Å²) in [4.78, 5) is 21.1. The Bertz CT molecular complexity index is 1560. The van der Waals surface area contributed by atoms with Crippen LogP contribution in [0.25, 0.3) is 0 Å². The van der Waals surface area contributed by atoms with E-state index in [1.807, 2.05) is 18.2 Å². The molecule has 0 amide bonds. The number of nitro groups is 2. The van der Waals surface area contributed by atoms with Gasteiger partial charge in [-0.2, -0.15) is 5.10 Å². The highest BCUT2D eigenvalue weighted by atomic mass is 35.5. The molecule has 4 aromatic rings. The molecular formula is C26H19ClN6O6. The van der Waals surface area contributed by atoms with Gasteiger partial charge in [-0.3, -0.25) is 25.7 Å². The van der Waals surface area contributed by atoms with Crippen molar-refractivity contribution in [2.45, 2.75) is 0 Å². The van der Waals surface area contributed by atoms with Crippen molar-refractivity contribution >= 4 is 40.2 Å². The van der Waals surface area contributed by atoms with Crippen LogP contribution >= 0.6 is 11.6 Å². The molecule has 0 radical (unpaired) electrons. The van der Waals surface area contributed by atoms with Gasteiger partial charge in [-0.1, -0.05) is 29.8 Å². The van der Waals surface area contributed by atoms with E-state index in [2.05, 4.69) is 20.8 Å². The summed E-state index contributed by atoms with van der Waals surface area (Å²) in [5, 5.41) is 35.4. The lowest BCUT2D eigenvalue weighted by molar-refractivity contribution is -0.393. The minimum absolute atomic E-state index is 0.0379. The maximum Gasteiger partial charge on any atom is 0.303 e. The van der Waals surface area contributed by atoms with Crippen molar-refractivity contribution in [1.82, 2.24) is 0 Å². The largest absolute Gasteiger partial charge is 0.497 e. The number of hydrogen-bond acceptors (Lipinski definition) is 9. The van der Waals surface area contributed by atoms with Gasteiger partial charge in [0, 0.05) is 16.7 Å². The van der Waals surface area contributed by atoms with Crippen molar-refractivity contribution < 1.29 is 19.3 Å². The number of para-hydroxylation sites is 1. The lowest BCUT2D eigenvalue weighted by Crippen LogP contribution is -2.02. The van der Waals surface area contributed by atoms with E-state index in [4.69, 9.17) is 21.1 Å². The molecule has 13 heteroatoms. The summed E-state index contributed by atoms with van der Waals surface area (Å²) in [6.45, 7) is 0. The molecule has 0 spiro atoms. The van der Waals surface area contributed by atoms with Crippen molar-refractivity contribution in [1.29, 1.82) is 0 Å². The van der Waals surface area contributed by atoms with Gasteiger partial charge >= 0.3 is 5.69 Å². The molecule has 0 aliphatic rings. The third kappa shape index (κ3) is 6.90. The molecule has 12 nitrogen and oxygen atoms in total. The number of nitrogens with one attached hydrogen (secondary N) is 1. The molecule has 4 rings (SSSR count). The summed E-state index contributed by atoms with van der Waals surface area (Å²) in [5.74, 6) is 1.64. The number of anilines is 1. The van der Waals surface area contributed by atoms with Crippen LogP contribution < -0.4 is 14.9 Å². The first-order chi connectivity index (χ1) is 18.8. The molecule has 0 aliphatic heterocycles. The molecule has 0 saturated carbocycles. The summed E-state index contributed by atoms with van der Waals surface area (Å²) in [6.07, 6.45) is 0. The summed E-state index contributed by atoms with van der Waals surface area (Å²) < 4.78 is 11.1. The van der Waals surface area contributed by atoms with Gasteiger partial charge in [0.1, 0.15) is 17.2 Å². The van der Waals surface area contributed by atoms with E-state index in [9.17, 15) is 20.2 Å². The van der Waals surface area contributed by atoms with Gasteiger partial charge in [-0.25, -0.2) is 0 Å². The lowest BCUT2D eigenvalue weighted by atomic mass is 10.2. The first-order valence-corrected chi connectivity index (χ1v) is 11.6. The second kappa shape index (κ2) is 12.3. The summed E-state index contributed by atoms with van der Waals surface area (Å²) in [5.41, 5.74) is 2.55. The van der Waals surface area contributed by atoms with Gasteiger partial charge in [0.2, 0.25) is 5.84 Å². The monoisotopic (exact) mass is 546 g/mol. The van der Waals surface area contributed by atoms with Gasteiger partial charge < -0.3 is 9.47 Å². The smallest absolute Gasteiger partial charge is 0.303 e. The van der Waals surface area contributed by atoms with Crippen LogP contribution in [0.1, 0.15) is 5.56 Å². The highest BCUT2D eigenvalue weighted by molar-refractivity contribution is 6.30. The predicted molar refractivity (Wildman–Crippen MR) is 145 cm³/mol. The summed E-state index contributed by atoms with van der Waals surface area (Å²) in [7, 11) is 1.52. The van der Waals surface area contributed by atoms with Crippen molar-refractivity contribution in [3.05, 3.63) is 122 Å². The minimum Gasteiger partial charge on any atom is -0.497 e. The molecule has 0 bridgehead atoms. The van der Waals surface area contributed by atoms with E-state index in [-0.39, 0.29) is 11.5 Å². The molecular weight excluding hydrogens is 528 g/mol. The standard InChI is InChI=1S/C26H19ClN6O6/c1-38-20-11-7-17(8-12-20)26(30-28-22-13-10-19(32(34)35)16-24(22)33(36)37)31-29-23-15-18(27)9-14-25(23)39-21-5-3-2-4-6-21/h2-16,29H,1H3/b30-28?,31-26-. The first-order valence-electron chi connectivity index (χ1n) is 11.2. The molecule has 0 aromatic heterocycles. The maximum absolute atomic E-state index is 11.5. The van der Waals surface area contributed by atoms with Gasteiger partial charge in [-0.05, 0) is 60.7 Å². The van der Waals surface area contributed by atoms with E-state index in [1.54, 1.807) is 54.6 Å². The Morgan fingerprint density at radius 3 is 2.28 bits per heavy atom. The van der Waals surface area contributed by atoms with Gasteiger partial charge in [0.05, 0.1) is 23.0 Å². The number of nitro benzene ring substituents is 2. The van der Waals surface area contributed by atoms with Crippen molar-refractivity contribution in [3.63, 3.8) is 0 Å². The molecule has 1 N–H and O–H groups in total. The highest BCUT2D eigenvalue weighted by Gasteiger charge is 2.20. The van der Waals surface area contributed by atoms with Gasteiger partial charge in [0.15, 0.2) is 11.4 Å². The molecule has 39 heavy (non-hydrogen) atoms. The van der Waals surface area contributed by atoms with E-state index in [0.29, 0.717) is 33.5 Å². The molecule has 4 aromatic carbocycles. The number of methoxy groups -OCH3 is 1. The van der Waals surface area contributed by atoms with Crippen molar-refractivity contribution in [2.24, 2.45) is 15.3 Å². The number of nitrogens with zero attached hydrogens (tertiary/aromatic N) is 5. The molecule has 0 heterocycles. The number of hydrazone groups is 1. The predicted octanol–water partition coefficient (Wildman–Crippen LogP) is 7.51. The maximum atomic E-state index is 11.5. The second-order valence-electron chi connectivity index (χ2n) is 7.72. The Hall–Kier alpha value is -5.36. The number of hydrogen-bond donors (Lipinski definition) is 1. The Morgan fingerprint density at radius 1 is 0.872 bits per heavy atom. The minimum atomic E-state index is -0.775. The van der Waals surface area contributed by atoms with Crippen molar-refractivity contribution in [3.8, 4) is 17.2 Å². The second-order valence-corrected chi connectivity index (χ2v) is 8.15. The van der Waals surface area contributed by atoms with E-state index < -0.39 is 21.2 Å². The van der Waals surface area contributed by atoms with Crippen LogP contribution in [0.3, 0.4) is 0 Å². The Balaban J connectivity index is 1.72. The number of ether oxygens (including phenoxy) is 2. The highest BCUT2D eigenvalue weighted by Crippen LogP contribution is 2.33. The zero-order valence-corrected chi connectivity index (χ0v) is 21.0. The van der Waals surface area contributed by atoms with Crippen molar-refractivity contribution in [2.75, 3.05) is 12.5 Å². The summed E-state index contributed by atoms with van der Waals surface area (Å²) >= 11 is 6.20. The number of non-ortho nitro benzene ring substituents is 1. The fourth-order valence-corrected chi connectivity index (χ4v) is 3.42. The van der Waals surface area contributed by atoms with Gasteiger partial charge in [0.25, 0.3) is 5.69 Å². The first kappa shape index (κ1) is 26.7. The zero-order valence-electron chi connectivity index (χ0n) is 20.2. The van der Waals surface area contributed by atoms with Crippen LogP contribution in [0.15, 0.2) is 106 Å². The fourth-order valence-electron chi connectivity index (χ4n) is 3.25. The van der Waals surface area contributed by atoms with Crippen LogP contribution in [0.2, 0.25) is 5.02 Å². The number of halogens is 1. The Morgan fingerprint density at radius 2 is 1.62 bits per heavy atom. The Labute approximate surface area is 226 Å². The average Bonchev–Trinajstić information content (AvgIpc) is 2.95. The third-order valence-electron chi connectivity index (χ3n) is 5.16. The molecule has 0 saturated heterocycles. The molecule has 0 fully saturated rings. The van der Waals surface area contributed by atoms with Crippen LogP contribution in [0.4, 0.5) is 22.7 Å². The van der Waals surface area contributed by atoms with Crippen LogP contribution in [-0.2, 0) is 0 Å². The number of benzene rings is 4. The van der Waals surface area contributed by atoms with Gasteiger partial charge in [-0.15, -0.1) is 10.2 Å². The number of rotatable bonds is 9. The molecule has 0 atom stereocenters. The van der Waals surface area contributed by atoms with Crippen LogP contribution in [-0.4, -0.2) is 22.8 Å². The number of amidine groups is 1. The number of azo groups is 1. The van der Waals surface area contributed by atoms with Crippen LogP contribution in [0, 0.1) is 20.2 Å². The van der Waals surface area contributed by atoms with E-state index in [1.165, 1.54) is 7.11 Å². The molecule has 0 aliphatic carbocycles. The lowest BCUT2D eigenvalue weighted by Gasteiger charge is -2.11. The third-order valence-corrected chi connectivity index (χ3v) is 5.40. The molecule has 0 unspecified atom stereocenters. The fraction of sp³-hybridized carbons (Fsp3) is 0.0385. The Kier molecular flexibility index (Phi) is 8.39. The van der Waals surface area contributed by atoms with E-state index >= 15 is 0 Å². The summed E-state index contributed by atoms with van der Waals surface area (Å²) in [6, 6.07) is 23.8. The molecule has 196 valence electrons. The zero-order chi connectivity index (χ0) is 27.8. The average molecular weight is 547 g/mol. The SMILES string of the molecule is COc1ccc(/C(N=Nc2ccc([N+](=O)[O-])cc2[N+](=O)[O-])=N/Nc2cc(Cl)ccc2Oc2ccccc2)cc1. The topological polar surface area (TPSA) is 154 Å². The normalized spacial score (nSPS) is 11.3.